The molecule has 10 nitrogen and oxygen atoms in total. The predicted octanol–water partition coefficient (Wildman–Crippen LogP) is 4.72. The number of fused-ring (bicyclic) bond motifs is 1. The van der Waals surface area contributed by atoms with Crippen LogP contribution in [0.1, 0.15) is 40.7 Å². The van der Waals surface area contributed by atoms with Crippen molar-refractivity contribution in [3.8, 4) is 17.2 Å². The summed E-state index contributed by atoms with van der Waals surface area (Å²) in [5, 5.41) is 9.97. The van der Waals surface area contributed by atoms with Crippen molar-refractivity contribution in [2.24, 2.45) is 0 Å². The number of nitrogens with zero attached hydrogens (tertiary/aromatic N) is 2. The van der Waals surface area contributed by atoms with Crippen molar-refractivity contribution >= 4 is 23.2 Å². The first-order chi connectivity index (χ1) is 20.5. The van der Waals surface area contributed by atoms with Crippen LogP contribution in [0.15, 0.2) is 42.5 Å². The molecule has 1 unspecified atom stereocenters. The van der Waals surface area contributed by atoms with E-state index in [2.05, 4.69) is 20.9 Å². The molecule has 0 radical (unpaired) electrons. The van der Waals surface area contributed by atoms with Gasteiger partial charge in [0.2, 0.25) is 0 Å². The Morgan fingerprint density at radius 2 is 1.83 bits per heavy atom. The number of aromatic nitrogens is 1. The first kappa shape index (κ1) is 29.4. The second-order valence-corrected chi connectivity index (χ2v) is 10.3. The molecule has 2 aliphatic heterocycles. The number of ether oxygens (including phenoxy) is 4. The van der Waals surface area contributed by atoms with Gasteiger partial charge in [0.1, 0.15) is 29.7 Å². The van der Waals surface area contributed by atoms with Crippen molar-refractivity contribution in [2.45, 2.75) is 38.4 Å². The highest BCUT2D eigenvalue weighted by atomic mass is 19.1. The Balaban J connectivity index is 1.44. The predicted molar refractivity (Wildman–Crippen MR) is 159 cm³/mol. The van der Waals surface area contributed by atoms with E-state index >= 15 is 4.39 Å². The molecule has 3 N–H and O–H groups in total. The lowest BCUT2D eigenvalue weighted by atomic mass is 10.1. The zero-order valence-corrected chi connectivity index (χ0v) is 24.3. The van der Waals surface area contributed by atoms with Crippen LogP contribution in [0.3, 0.4) is 0 Å². The van der Waals surface area contributed by atoms with E-state index in [1.807, 2.05) is 36.4 Å². The summed E-state index contributed by atoms with van der Waals surface area (Å²) in [6.45, 7) is 2.92. The molecule has 0 bridgehead atoms. The topological polar surface area (TPSA) is 106 Å². The number of benzene rings is 2. The zero-order valence-electron chi connectivity index (χ0n) is 24.3. The Bertz CT molecular complexity index is 1380. The van der Waals surface area contributed by atoms with E-state index in [-0.39, 0.29) is 36.4 Å². The maximum absolute atomic E-state index is 16.1. The van der Waals surface area contributed by atoms with Crippen LogP contribution in [0.5, 0.6) is 17.2 Å². The van der Waals surface area contributed by atoms with Gasteiger partial charge in [-0.2, -0.15) is 0 Å². The normalized spacial score (nSPS) is 16.5. The van der Waals surface area contributed by atoms with Crippen molar-refractivity contribution in [1.29, 1.82) is 0 Å². The Morgan fingerprint density at radius 1 is 1.02 bits per heavy atom. The van der Waals surface area contributed by atoms with E-state index in [1.54, 1.807) is 32.3 Å². The molecular weight excluding hydrogens is 541 g/mol. The van der Waals surface area contributed by atoms with Crippen LogP contribution in [0.25, 0.3) is 0 Å². The quantitative estimate of drug-likeness (QED) is 0.263. The van der Waals surface area contributed by atoms with Crippen LogP contribution < -0.4 is 30.2 Å². The van der Waals surface area contributed by atoms with Crippen LogP contribution in [-0.2, 0) is 17.8 Å². The fourth-order valence-electron chi connectivity index (χ4n) is 5.26. The van der Waals surface area contributed by atoms with Crippen LogP contribution >= 0.6 is 0 Å². The molecule has 5 rings (SSSR count). The average molecular weight is 580 g/mol. The van der Waals surface area contributed by atoms with Gasteiger partial charge >= 0.3 is 0 Å². The second-order valence-electron chi connectivity index (χ2n) is 10.3. The van der Waals surface area contributed by atoms with E-state index in [9.17, 15) is 4.79 Å². The van der Waals surface area contributed by atoms with Gasteiger partial charge in [0.25, 0.3) is 5.91 Å². The van der Waals surface area contributed by atoms with Crippen LogP contribution in [-0.4, -0.2) is 69.5 Å². The molecular formula is C31H38FN5O5. The van der Waals surface area contributed by atoms with Gasteiger partial charge in [0, 0.05) is 49.1 Å². The molecule has 1 saturated heterocycles. The number of carbonyl (C=O) groups excluding carboxylic acids is 1. The lowest BCUT2D eigenvalue weighted by Crippen LogP contribution is -2.31. The number of hydrogen-bond donors (Lipinski definition) is 3. The number of rotatable bonds is 12. The summed E-state index contributed by atoms with van der Waals surface area (Å²) in [6.07, 6.45) is 3.02. The van der Waals surface area contributed by atoms with Crippen LogP contribution in [0.4, 0.5) is 21.7 Å². The second kappa shape index (κ2) is 13.7. The van der Waals surface area contributed by atoms with E-state index < -0.39 is 5.82 Å². The minimum atomic E-state index is -0.501. The number of carbonyl (C=O) groups is 1. The third kappa shape index (κ3) is 6.69. The van der Waals surface area contributed by atoms with E-state index in [0.717, 1.165) is 31.4 Å². The van der Waals surface area contributed by atoms with Gasteiger partial charge in [-0.3, -0.25) is 4.79 Å². The minimum Gasteiger partial charge on any atom is -0.497 e. The summed E-state index contributed by atoms with van der Waals surface area (Å²) in [6, 6.07) is 12.8. The van der Waals surface area contributed by atoms with Crippen molar-refractivity contribution in [2.75, 3.05) is 58.3 Å². The molecule has 2 aliphatic rings. The number of pyridine rings is 1. The number of amides is 1. The van der Waals surface area contributed by atoms with Gasteiger partial charge in [0.05, 0.1) is 32.9 Å². The molecule has 1 aromatic heterocycles. The molecule has 3 heterocycles. The third-order valence-electron chi connectivity index (χ3n) is 7.50. The summed E-state index contributed by atoms with van der Waals surface area (Å²) in [5.41, 5.74) is 2.02. The summed E-state index contributed by atoms with van der Waals surface area (Å²) in [7, 11) is 4.77. The number of methoxy groups -OCH3 is 3. The van der Waals surface area contributed by atoms with Gasteiger partial charge < -0.3 is 39.8 Å². The first-order valence-electron chi connectivity index (χ1n) is 14.2. The number of hydrogen-bond acceptors (Lipinski definition) is 9. The number of nitrogens with one attached hydrogen (secondary N) is 3. The molecule has 0 aliphatic carbocycles. The maximum Gasteiger partial charge on any atom is 0.258 e. The Kier molecular flexibility index (Phi) is 9.60. The average Bonchev–Trinajstić information content (AvgIpc) is 3.15. The Morgan fingerprint density at radius 3 is 2.60 bits per heavy atom. The van der Waals surface area contributed by atoms with Gasteiger partial charge in [-0.25, -0.2) is 9.37 Å². The van der Waals surface area contributed by atoms with Gasteiger partial charge in [0.15, 0.2) is 11.6 Å². The van der Waals surface area contributed by atoms with Crippen LogP contribution in [0, 0.1) is 5.82 Å². The maximum atomic E-state index is 16.1. The number of halogens is 1. The third-order valence-corrected chi connectivity index (χ3v) is 7.50. The minimum absolute atomic E-state index is 0.0284. The molecule has 3 aromatic rings. The molecule has 42 heavy (non-hydrogen) atoms. The molecule has 2 aromatic carbocycles. The summed E-state index contributed by atoms with van der Waals surface area (Å²) < 4.78 is 37.6. The lowest BCUT2D eigenvalue weighted by molar-refractivity contribution is 0.0766. The van der Waals surface area contributed by atoms with Crippen molar-refractivity contribution in [3.05, 3.63) is 65.0 Å². The molecule has 0 saturated carbocycles. The molecule has 224 valence electrons. The monoisotopic (exact) mass is 579 g/mol. The highest BCUT2D eigenvalue weighted by Crippen LogP contribution is 2.37. The summed E-state index contributed by atoms with van der Waals surface area (Å²) >= 11 is 0. The summed E-state index contributed by atoms with van der Waals surface area (Å²) in [5.74, 6) is 1.56. The smallest absolute Gasteiger partial charge is 0.258 e. The highest BCUT2D eigenvalue weighted by molar-refractivity contribution is 6.03. The zero-order chi connectivity index (χ0) is 29.5. The summed E-state index contributed by atoms with van der Waals surface area (Å²) in [4.78, 5) is 20.0. The van der Waals surface area contributed by atoms with Crippen molar-refractivity contribution in [3.63, 3.8) is 0 Å². The van der Waals surface area contributed by atoms with Crippen LogP contribution in [0.2, 0.25) is 0 Å². The van der Waals surface area contributed by atoms with Crippen molar-refractivity contribution in [1.82, 2.24) is 15.2 Å². The standard InChI is InChI=1S/C31H38FN5O5/c1-39-14-15-42-23-11-8-21(9-12-23)34-29-27-25(28(32)30(36-29)35-22-6-4-5-13-33-17-22)19-37(31(27)38)18-20-7-10-24(40-2)16-26(20)41-3/h7-12,16,22,33H,4-6,13-15,17-19H2,1-3H3,(H2,34,35,36). The molecule has 1 atom stereocenters. The van der Waals surface area contributed by atoms with E-state index in [4.69, 9.17) is 18.9 Å². The molecule has 1 fully saturated rings. The number of anilines is 3. The Labute approximate surface area is 245 Å². The molecule has 1 amide bonds. The van der Waals surface area contributed by atoms with Gasteiger partial charge in [-0.1, -0.05) is 6.42 Å². The van der Waals surface area contributed by atoms with E-state index in [1.165, 1.54) is 0 Å². The molecule has 0 spiro atoms. The first-order valence-corrected chi connectivity index (χ1v) is 14.2. The van der Waals surface area contributed by atoms with E-state index in [0.29, 0.717) is 54.1 Å². The lowest BCUT2D eigenvalue weighted by Gasteiger charge is -2.20. The molecule has 11 heteroatoms. The fourth-order valence-corrected chi connectivity index (χ4v) is 5.26. The Hall–Kier alpha value is -4.09. The van der Waals surface area contributed by atoms with Gasteiger partial charge in [-0.15, -0.1) is 0 Å². The van der Waals surface area contributed by atoms with Crippen molar-refractivity contribution < 1.29 is 28.1 Å². The SMILES string of the molecule is COCCOc1ccc(Nc2nc(NC3CCCCNC3)c(F)c3c2C(=O)N(Cc2ccc(OC)cc2OC)C3)cc1. The van der Waals surface area contributed by atoms with Gasteiger partial charge in [-0.05, 0) is 55.8 Å². The highest BCUT2D eigenvalue weighted by Gasteiger charge is 2.36. The fraction of sp³-hybridized carbons (Fsp3) is 0.419. The largest absolute Gasteiger partial charge is 0.497 e.